The molecule has 0 radical (unpaired) electrons. The molecule has 0 saturated carbocycles. The van der Waals surface area contributed by atoms with Crippen molar-refractivity contribution in [2.75, 3.05) is 0 Å². The molecule has 1 aromatic carbocycles. The zero-order valence-electron chi connectivity index (χ0n) is 9.55. The van der Waals surface area contributed by atoms with E-state index < -0.39 is 0 Å². The summed E-state index contributed by atoms with van der Waals surface area (Å²) in [4.78, 5) is 12.8. The van der Waals surface area contributed by atoms with Gasteiger partial charge in [-0.3, -0.25) is 0 Å². The Bertz CT molecular complexity index is 713. The number of benzene rings is 1. The first-order valence-corrected chi connectivity index (χ1v) is 7.01. The molecule has 0 amide bonds. The lowest BCUT2D eigenvalue weighted by atomic mass is 10.1. The molecule has 0 spiro atoms. The summed E-state index contributed by atoms with van der Waals surface area (Å²) in [6, 6.07) is 11.5. The van der Waals surface area contributed by atoms with Gasteiger partial charge in [0.25, 0.3) is 0 Å². The van der Waals surface area contributed by atoms with Crippen LogP contribution in [-0.4, -0.2) is 15.0 Å². The Morgan fingerprint density at radius 1 is 1.00 bits per heavy atom. The largest absolute Gasteiger partial charge is 0.240 e. The normalized spacial score (nSPS) is 10.6. The third-order valence-corrected chi connectivity index (χ3v) is 3.74. The van der Waals surface area contributed by atoms with Crippen molar-refractivity contribution >= 4 is 34.5 Å². The van der Waals surface area contributed by atoms with Gasteiger partial charge in [0.2, 0.25) is 0 Å². The van der Waals surface area contributed by atoms with Crippen LogP contribution < -0.4 is 0 Å². The number of rotatable bonds is 2. The number of nitrogens with zero attached hydrogens (tertiary/aromatic N) is 3. The number of thiazole rings is 1. The molecule has 6 heteroatoms. The molecule has 0 N–H and O–H groups in total. The highest BCUT2D eigenvalue weighted by Crippen LogP contribution is 2.28. The second-order valence-electron chi connectivity index (χ2n) is 3.74. The third-order valence-electron chi connectivity index (χ3n) is 2.43. The van der Waals surface area contributed by atoms with E-state index in [9.17, 15) is 0 Å². The van der Waals surface area contributed by atoms with Gasteiger partial charge in [-0.2, -0.15) is 0 Å². The molecule has 0 aliphatic heterocycles. The lowest BCUT2D eigenvalue weighted by molar-refractivity contribution is 1.17. The summed E-state index contributed by atoms with van der Waals surface area (Å²) in [6.07, 6.45) is 1.58. The van der Waals surface area contributed by atoms with Gasteiger partial charge in [-0.1, -0.05) is 64.9 Å². The van der Waals surface area contributed by atoms with Crippen molar-refractivity contribution in [3.8, 4) is 22.1 Å². The first kappa shape index (κ1) is 12.5. The maximum absolute atomic E-state index is 6.05. The highest BCUT2D eigenvalue weighted by Gasteiger charge is 2.10. The summed E-state index contributed by atoms with van der Waals surface area (Å²) < 4.78 is 0.597. The number of hydrogen-bond donors (Lipinski definition) is 0. The standard InChI is InChI=1S/C13H7Cl2N3S/c14-10-6-9(8-4-2-1-3-5-8)17-12(18-10)13-16-7-11(15)19-13/h1-7H. The Hall–Kier alpha value is -1.49. The fourth-order valence-corrected chi connectivity index (χ4v) is 2.66. The van der Waals surface area contributed by atoms with Gasteiger partial charge in [0.15, 0.2) is 10.8 Å². The minimum absolute atomic E-state index is 0.384. The van der Waals surface area contributed by atoms with Crippen LogP contribution in [0.2, 0.25) is 9.49 Å². The van der Waals surface area contributed by atoms with Gasteiger partial charge in [0.1, 0.15) is 9.49 Å². The van der Waals surface area contributed by atoms with E-state index in [1.807, 2.05) is 30.3 Å². The highest BCUT2D eigenvalue weighted by molar-refractivity contribution is 7.18. The molecule has 3 aromatic rings. The van der Waals surface area contributed by atoms with Crippen LogP contribution in [0.1, 0.15) is 0 Å². The van der Waals surface area contributed by atoms with E-state index in [-0.39, 0.29) is 0 Å². The van der Waals surface area contributed by atoms with Crippen molar-refractivity contribution in [2.24, 2.45) is 0 Å². The van der Waals surface area contributed by atoms with E-state index in [2.05, 4.69) is 15.0 Å². The molecule has 0 atom stereocenters. The Labute approximate surface area is 123 Å². The summed E-state index contributed by atoms with van der Waals surface area (Å²) in [5.74, 6) is 0.489. The van der Waals surface area contributed by atoms with Crippen LogP contribution in [0.5, 0.6) is 0 Å². The molecule has 2 aromatic heterocycles. The van der Waals surface area contributed by atoms with Crippen LogP contribution >= 0.6 is 34.5 Å². The number of halogens is 2. The van der Waals surface area contributed by atoms with E-state index in [0.717, 1.165) is 11.3 Å². The van der Waals surface area contributed by atoms with Gasteiger partial charge in [0, 0.05) is 11.6 Å². The number of hydrogen-bond acceptors (Lipinski definition) is 4. The number of aromatic nitrogens is 3. The Morgan fingerprint density at radius 2 is 1.79 bits per heavy atom. The van der Waals surface area contributed by atoms with Crippen LogP contribution in [-0.2, 0) is 0 Å². The summed E-state index contributed by atoms with van der Waals surface area (Å²) in [7, 11) is 0. The van der Waals surface area contributed by atoms with Gasteiger partial charge in [-0.25, -0.2) is 15.0 Å². The molecule has 19 heavy (non-hydrogen) atoms. The molecule has 94 valence electrons. The van der Waals surface area contributed by atoms with Gasteiger partial charge >= 0.3 is 0 Å². The molecule has 0 aliphatic rings. The minimum Gasteiger partial charge on any atom is -0.240 e. The summed E-state index contributed by atoms with van der Waals surface area (Å²) in [6.45, 7) is 0. The zero-order valence-corrected chi connectivity index (χ0v) is 11.9. The summed E-state index contributed by atoms with van der Waals surface area (Å²) in [5, 5.41) is 1.04. The second kappa shape index (κ2) is 5.25. The molecule has 0 fully saturated rings. The van der Waals surface area contributed by atoms with Crippen molar-refractivity contribution < 1.29 is 0 Å². The fraction of sp³-hybridized carbons (Fsp3) is 0. The molecule has 3 rings (SSSR count). The highest BCUT2D eigenvalue weighted by atomic mass is 35.5. The van der Waals surface area contributed by atoms with Crippen molar-refractivity contribution in [1.29, 1.82) is 0 Å². The van der Waals surface area contributed by atoms with Gasteiger partial charge < -0.3 is 0 Å². The van der Waals surface area contributed by atoms with Crippen LogP contribution in [0.4, 0.5) is 0 Å². The van der Waals surface area contributed by atoms with Crippen molar-refractivity contribution in [1.82, 2.24) is 15.0 Å². The maximum atomic E-state index is 6.05. The van der Waals surface area contributed by atoms with E-state index in [4.69, 9.17) is 23.2 Å². The molecule has 0 aliphatic carbocycles. The third kappa shape index (κ3) is 2.76. The molecule has 0 bridgehead atoms. The van der Waals surface area contributed by atoms with Gasteiger partial charge in [0.05, 0.1) is 11.9 Å². The second-order valence-corrected chi connectivity index (χ2v) is 5.78. The topological polar surface area (TPSA) is 38.7 Å². The Kier molecular flexibility index (Phi) is 3.46. The smallest absolute Gasteiger partial charge is 0.190 e. The monoisotopic (exact) mass is 307 g/mol. The van der Waals surface area contributed by atoms with Crippen LogP contribution in [0, 0.1) is 0 Å². The lowest BCUT2D eigenvalue weighted by Crippen LogP contribution is -1.92. The predicted octanol–water partition coefficient (Wildman–Crippen LogP) is 4.57. The van der Waals surface area contributed by atoms with Crippen molar-refractivity contribution in [3.05, 3.63) is 52.1 Å². The first-order chi connectivity index (χ1) is 9.22. The van der Waals surface area contributed by atoms with Crippen molar-refractivity contribution in [3.63, 3.8) is 0 Å². The van der Waals surface area contributed by atoms with Gasteiger partial charge in [-0.15, -0.1) is 0 Å². The Balaban J connectivity index is 2.11. The van der Waals surface area contributed by atoms with Crippen LogP contribution in [0.25, 0.3) is 22.1 Å². The molecular weight excluding hydrogens is 301 g/mol. The quantitative estimate of drug-likeness (QED) is 0.651. The van der Waals surface area contributed by atoms with E-state index in [1.54, 1.807) is 12.3 Å². The van der Waals surface area contributed by atoms with E-state index >= 15 is 0 Å². The first-order valence-electron chi connectivity index (χ1n) is 5.44. The predicted molar refractivity (Wildman–Crippen MR) is 78.6 cm³/mol. The van der Waals surface area contributed by atoms with E-state index in [1.165, 1.54) is 11.3 Å². The maximum Gasteiger partial charge on any atom is 0.190 e. The van der Waals surface area contributed by atoms with Gasteiger partial charge in [-0.05, 0) is 0 Å². The lowest BCUT2D eigenvalue weighted by Gasteiger charge is -2.03. The SMILES string of the molecule is Clc1cc(-c2ccccc2)nc(-c2ncc(Cl)s2)n1. The Morgan fingerprint density at radius 3 is 2.47 bits per heavy atom. The van der Waals surface area contributed by atoms with Crippen molar-refractivity contribution in [2.45, 2.75) is 0 Å². The average molecular weight is 308 g/mol. The van der Waals surface area contributed by atoms with Crippen LogP contribution in [0.3, 0.4) is 0 Å². The van der Waals surface area contributed by atoms with E-state index in [0.29, 0.717) is 20.3 Å². The molecular formula is C13H7Cl2N3S. The zero-order chi connectivity index (χ0) is 13.2. The van der Waals surface area contributed by atoms with Crippen LogP contribution in [0.15, 0.2) is 42.6 Å². The molecule has 0 saturated heterocycles. The summed E-state index contributed by atoms with van der Waals surface area (Å²) in [5.41, 5.74) is 1.75. The molecule has 2 heterocycles. The minimum atomic E-state index is 0.384. The molecule has 0 unspecified atom stereocenters. The average Bonchev–Trinajstić information content (AvgIpc) is 2.86. The fourth-order valence-electron chi connectivity index (χ4n) is 1.63. The summed E-state index contributed by atoms with van der Waals surface area (Å²) >= 11 is 13.2. The molecule has 3 nitrogen and oxygen atoms in total.